The summed E-state index contributed by atoms with van der Waals surface area (Å²) in [6, 6.07) is 10.2. The Labute approximate surface area is 158 Å². The second-order valence-electron chi connectivity index (χ2n) is 6.26. The van der Waals surface area contributed by atoms with Crippen molar-refractivity contribution in [3.05, 3.63) is 75.9 Å². The molecule has 5 nitrogen and oxygen atoms in total. The van der Waals surface area contributed by atoms with E-state index in [1.807, 2.05) is 19.1 Å². The highest BCUT2D eigenvalue weighted by Gasteiger charge is 2.47. The van der Waals surface area contributed by atoms with Crippen LogP contribution in [0.15, 0.2) is 53.3 Å². The Kier molecular flexibility index (Phi) is 4.02. The number of aromatic nitrogens is 2. The standard InChI is InChI=1S/C19H16BrFN4O/c1-10-8-11(4-6-24-10)16-17-13(5-7-25-16)19(23,18(22)26-17)12-2-3-15(21)14(20)9-12/h2-9,18H,22-23H2,1H3. The Morgan fingerprint density at radius 2 is 1.92 bits per heavy atom. The second-order valence-corrected chi connectivity index (χ2v) is 7.11. The van der Waals surface area contributed by atoms with Crippen LogP contribution in [-0.2, 0) is 5.54 Å². The largest absolute Gasteiger partial charge is 0.470 e. The van der Waals surface area contributed by atoms with Crippen molar-refractivity contribution in [2.75, 3.05) is 0 Å². The van der Waals surface area contributed by atoms with Crippen LogP contribution in [-0.4, -0.2) is 16.2 Å². The lowest BCUT2D eigenvalue weighted by Crippen LogP contribution is -2.52. The van der Waals surface area contributed by atoms with Crippen LogP contribution in [0.2, 0.25) is 0 Å². The molecule has 2 aromatic heterocycles. The molecule has 4 rings (SSSR count). The molecule has 0 bridgehead atoms. The number of rotatable bonds is 2. The number of nitrogens with zero attached hydrogens (tertiary/aromatic N) is 2. The summed E-state index contributed by atoms with van der Waals surface area (Å²) in [5, 5.41) is 0. The van der Waals surface area contributed by atoms with Crippen LogP contribution >= 0.6 is 15.9 Å². The van der Waals surface area contributed by atoms with Crippen LogP contribution in [0, 0.1) is 12.7 Å². The smallest absolute Gasteiger partial charge is 0.174 e. The maximum atomic E-state index is 13.7. The van der Waals surface area contributed by atoms with Crippen LogP contribution < -0.4 is 16.2 Å². The molecule has 1 aliphatic rings. The predicted octanol–water partition coefficient (Wildman–Crippen LogP) is 3.23. The summed E-state index contributed by atoms with van der Waals surface area (Å²) < 4.78 is 19.9. The van der Waals surface area contributed by atoms with Gasteiger partial charge in [0.25, 0.3) is 0 Å². The quantitative estimate of drug-likeness (QED) is 0.671. The van der Waals surface area contributed by atoms with E-state index in [-0.39, 0.29) is 5.82 Å². The van der Waals surface area contributed by atoms with Crippen LogP contribution in [0.4, 0.5) is 4.39 Å². The highest BCUT2D eigenvalue weighted by Crippen LogP contribution is 2.46. The van der Waals surface area contributed by atoms with Crippen molar-refractivity contribution in [2.45, 2.75) is 18.7 Å². The first-order valence-corrected chi connectivity index (χ1v) is 8.79. The predicted molar refractivity (Wildman–Crippen MR) is 99.9 cm³/mol. The van der Waals surface area contributed by atoms with Gasteiger partial charge in [-0.2, -0.15) is 0 Å². The SMILES string of the molecule is Cc1cc(-c2nccc3c2OC(N)C3(N)c2ccc(F)c(Br)c2)ccn1. The van der Waals surface area contributed by atoms with E-state index in [4.69, 9.17) is 16.2 Å². The monoisotopic (exact) mass is 414 g/mol. The minimum atomic E-state index is -1.12. The fourth-order valence-corrected chi connectivity index (χ4v) is 3.62. The van der Waals surface area contributed by atoms with Crippen molar-refractivity contribution in [2.24, 2.45) is 11.5 Å². The summed E-state index contributed by atoms with van der Waals surface area (Å²) in [5.41, 5.74) is 15.6. The summed E-state index contributed by atoms with van der Waals surface area (Å²) in [7, 11) is 0. The fraction of sp³-hybridized carbons (Fsp3) is 0.158. The average molecular weight is 415 g/mol. The zero-order valence-electron chi connectivity index (χ0n) is 13.9. The van der Waals surface area contributed by atoms with E-state index in [0.29, 0.717) is 27.0 Å². The molecule has 2 unspecified atom stereocenters. The maximum absolute atomic E-state index is 13.7. The third kappa shape index (κ3) is 2.51. The average Bonchev–Trinajstić information content (AvgIpc) is 2.89. The zero-order valence-corrected chi connectivity index (χ0v) is 15.5. The van der Waals surface area contributed by atoms with Crippen molar-refractivity contribution in [3.8, 4) is 17.0 Å². The van der Waals surface area contributed by atoms with Gasteiger partial charge in [-0.25, -0.2) is 4.39 Å². The highest BCUT2D eigenvalue weighted by atomic mass is 79.9. The van der Waals surface area contributed by atoms with Gasteiger partial charge >= 0.3 is 0 Å². The number of hydrogen-bond acceptors (Lipinski definition) is 5. The topological polar surface area (TPSA) is 87.0 Å². The number of nitrogens with two attached hydrogens (primary N) is 2. The van der Waals surface area contributed by atoms with Crippen molar-refractivity contribution >= 4 is 15.9 Å². The van der Waals surface area contributed by atoms with Gasteiger partial charge in [-0.05, 0) is 58.7 Å². The first kappa shape index (κ1) is 17.1. The molecular formula is C19H16BrFN4O. The van der Waals surface area contributed by atoms with E-state index in [9.17, 15) is 4.39 Å². The molecule has 4 N–H and O–H groups in total. The number of halogens is 2. The number of benzene rings is 1. The molecule has 2 atom stereocenters. The Morgan fingerprint density at radius 3 is 2.65 bits per heavy atom. The van der Waals surface area contributed by atoms with E-state index < -0.39 is 11.8 Å². The van der Waals surface area contributed by atoms with Gasteiger partial charge in [0.05, 0.1) is 4.47 Å². The highest BCUT2D eigenvalue weighted by molar-refractivity contribution is 9.10. The first-order valence-electron chi connectivity index (χ1n) is 8.00. The van der Waals surface area contributed by atoms with Crippen molar-refractivity contribution in [1.82, 2.24) is 9.97 Å². The molecule has 1 aromatic carbocycles. The minimum absolute atomic E-state index is 0.319. The molecule has 0 saturated heterocycles. The van der Waals surface area contributed by atoms with Crippen LogP contribution in [0.5, 0.6) is 5.75 Å². The molecule has 1 aliphatic heterocycles. The van der Waals surface area contributed by atoms with Gasteiger partial charge in [0.15, 0.2) is 12.0 Å². The van der Waals surface area contributed by atoms with Gasteiger partial charge in [-0.3, -0.25) is 15.7 Å². The van der Waals surface area contributed by atoms with Crippen molar-refractivity contribution in [1.29, 1.82) is 0 Å². The molecule has 3 aromatic rings. The molecular weight excluding hydrogens is 399 g/mol. The van der Waals surface area contributed by atoms with Crippen LogP contribution in [0.3, 0.4) is 0 Å². The molecule has 0 spiro atoms. The maximum Gasteiger partial charge on any atom is 0.174 e. The van der Waals surface area contributed by atoms with Crippen LogP contribution in [0.25, 0.3) is 11.3 Å². The molecule has 26 heavy (non-hydrogen) atoms. The van der Waals surface area contributed by atoms with Gasteiger partial charge in [0, 0.05) is 29.2 Å². The van der Waals surface area contributed by atoms with E-state index in [0.717, 1.165) is 11.3 Å². The lowest BCUT2D eigenvalue weighted by Gasteiger charge is -2.28. The number of pyridine rings is 2. The molecule has 0 fully saturated rings. The molecule has 0 amide bonds. The Hall–Kier alpha value is -2.35. The molecule has 0 saturated carbocycles. The molecule has 7 heteroatoms. The summed E-state index contributed by atoms with van der Waals surface area (Å²) >= 11 is 3.20. The molecule has 0 aliphatic carbocycles. The van der Waals surface area contributed by atoms with Crippen molar-refractivity contribution in [3.63, 3.8) is 0 Å². The fourth-order valence-electron chi connectivity index (χ4n) is 3.24. The second kappa shape index (κ2) is 6.12. The minimum Gasteiger partial charge on any atom is -0.470 e. The normalized spacial score (nSPS) is 21.3. The molecule has 3 heterocycles. The van der Waals surface area contributed by atoms with Gasteiger partial charge in [-0.15, -0.1) is 0 Å². The summed E-state index contributed by atoms with van der Waals surface area (Å²) in [5.74, 6) is 0.168. The number of aryl methyl sites for hydroxylation is 1. The Balaban J connectivity index is 1.91. The zero-order chi connectivity index (χ0) is 18.5. The van der Waals surface area contributed by atoms with E-state index >= 15 is 0 Å². The summed E-state index contributed by atoms with van der Waals surface area (Å²) in [6.07, 6.45) is 2.56. The van der Waals surface area contributed by atoms with Crippen LogP contribution in [0.1, 0.15) is 16.8 Å². The van der Waals surface area contributed by atoms with E-state index in [1.54, 1.807) is 30.6 Å². The molecule has 132 valence electrons. The number of fused-ring (bicyclic) bond motifs is 1. The summed E-state index contributed by atoms with van der Waals surface area (Å²) in [4.78, 5) is 8.66. The third-order valence-corrected chi connectivity index (χ3v) is 5.22. The number of hydrogen-bond donors (Lipinski definition) is 2. The van der Waals surface area contributed by atoms with E-state index in [2.05, 4.69) is 25.9 Å². The van der Waals surface area contributed by atoms with Gasteiger partial charge < -0.3 is 10.5 Å². The van der Waals surface area contributed by atoms with Crippen molar-refractivity contribution < 1.29 is 9.13 Å². The number of ether oxygens (including phenoxy) is 1. The Bertz CT molecular complexity index is 1010. The lowest BCUT2D eigenvalue weighted by atomic mass is 9.83. The third-order valence-electron chi connectivity index (χ3n) is 4.61. The first-order chi connectivity index (χ1) is 12.4. The van der Waals surface area contributed by atoms with Gasteiger partial charge in [0.1, 0.15) is 17.1 Å². The lowest BCUT2D eigenvalue weighted by molar-refractivity contribution is 0.178. The van der Waals surface area contributed by atoms with Gasteiger partial charge in [-0.1, -0.05) is 6.07 Å². The summed E-state index contributed by atoms with van der Waals surface area (Å²) in [6.45, 7) is 1.91. The molecule has 0 radical (unpaired) electrons. The Morgan fingerprint density at radius 1 is 1.15 bits per heavy atom. The van der Waals surface area contributed by atoms with E-state index in [1.165, 1.54) is 6.07 Å². The van der Waals surface area contributed by atoms with Gasteiger partial charge in [0.2, 0.25) is 0 Å².